The van der Waals surface area contributed by atoms with E-state index in [2.05, 4.69) is 10.3 Å². The van der Waals surface area contributed by atoms with Crippen LogP contribution in [0.3, 0.4) is 0 Å². The number of nitrogens with zero attached hydrogens (tertiary/aromatic N) is 5. The fourth-order valence-corrected chi connectivity index (χ4v) is 6.51. The number of aryl methyl sites for hydroxylation is 1. The average Bonchev–Trinajstić information content (AvgIpc) is 3.52. The normalized spacial score (nSPS) is 21.7. The predicted octanol–water partition coefficient (Wildman–Crippen LogP) is 4.14. The molecule has 3 aromatic rings. The van der Waals surface area contributed by atoms with Gasteiger partial charge >= 0.3 is 0 Å². The minimum atomic E-state index is -3.52. The van der Waals surface area contributed by atoms with Gasteiger partial charge in [0, 0.05) is 31.5 Å². The first-order valence-electron chi connectivity index (χ1n) is 12.5. The lowest BCUT2D eigenvalue weighted by Crippen LogP contribution is -2.42. The van der Waals surface area contributed by atoms with Crippen LogP contribution in [0.4, 0.5) is 10.3 Å². The van der Waals surface area contributed by atoms with E-state index in [-0.39, 0.29) is 23.9 Å². The molecule has 6 rings (SSSR count). The molecule has 11 heteroatoms. The number of aromatic nitrogens is 2. The molecule has 196 valence electrons. The number of sulfonamides is 1. The summed E-state index contributed by atoms with van der Waals surface area (Å²) in [6, 6.07) is 15.0. The lowest BCUT2D eigenvalue weighted by Gasteiger charge is -2.31. The molecule has 9 nitrogen and oxygen atoms in total. The summed E-state index contributed by atoms with van der Waals surface area (Å²) in [5.74, 6) is 0.163. The lowest BCUT2D eigenvalue weighted by atomic mass is 9.97. The van der Waals surface area contributed by atoms with Crippen LogP contribution < -0.4 is 5.32 Å². The van der Waals surface area contributed by atoms with Crippen molar-refractivity contribution >= 4 is 22.0 Å². The second kappa shape index (κ2) is 9.80. The van der Waals surface area contributed by atoms with Gasteiger partial charge in [0.15, 0.2) is 0 Å². The van der Waals surface area contributed by atoms with E-state index in [9.17, 15) is 12.8 Å². The molecule has 2 atom stereocenters. The smallest absolute Gasteiger partial charge is 0.298 e. The van der Waals surface area contributed by atoms with Crippen LogP contribution in [-0.2, 0) is 14.8 Å². The van der Waals surface area contributed by atoms with Gasteiger partial charge in [-0.05, 0) is 55.7 Å². The molecule has 1 N–H and O–H groups in total. The Morgan fingerprint density at radius 2 is 1.76 bits per heavy atom. The molecule has 2 aromatic carbocycles. The Labute approximate surface area is 220 Å². The maximum Gasteiger partial charge on any atom is 0.298 e. The molecule has 0 bridgehead atoms. The van der Waals surface area contributed by atoms with Crippen molar-refractivity contribution in [3.63, 3.8) is 0 Å². The molecule has 3 aliphatic rings. The molecule has 1 saturated heterocycles. The summed E-state index contributed by atoms with van der Waals surface area (Å²) in [5, 5.41) is 3.39. The lowest BCUT2D eigenvalue weighted by molar-refractivity contribution is 0.329. The van der Waals surface area contributed by atoms with Crippen LogP contribution in [0.2, 0.25) is 0 Å². The van der Waals surface area contributed by atoms with Crippen molar-refractivity contribution in [3.8, 4) is 0 Å². The van der Waals surface area contributed by atoms with E-state index in [1.54, 1.807) is 36.7 Å². The molecule has 0 spiro atoms. The minimum absolute atomic E-state index is 0.0352. The highest BCUT2D eigenvalue weighted by molar-refractivity contribution is 7.89. The van der Waals surface area contributed by atoms with Gasteiger partial charge in [-0.2, -0.15) is 4.31 Å². The molecule has 1 aromatic heterocycles. The van der Waals surface area contributed by atoms with Gasteiger partial charge in [-0.25, -0.2) is 27.8 Å². The molecule has 38 heavy (non-hydrogen) atoms. The zero-order chi connectivity index (χ0) is 26.3. The quantitative estimate of drug-likeness (QED) is 0.507. The van der Waals surface area contributed by atoms with E-state index in [1.807, 2.05) is 36.2 Å². The van der Waals surface area contributed by atoms with Crippen LogP contribution in [-0.4, -0.2) is 52.7 Å². The molecule has 1 fully saturated rings. The Bertz CT molecular complexity index is 1490. The fraction of sp³-hybridized carbons (Fsp3) is 0.296. The van der Waals surface area contributed by atoms with Crippen LogP contribution in [0.5, 0.6) is 0 Å². The molecule has 4 heterocycles. The Balaban J connectivity index is 1.16. The Morgan fingerprint density at radius 3 is 2.50 bits per heavy atom. The summed E-state index contributed by atoms with van der Waals surface area (Å²) >= 11 is 0. The zero-order valence-corrected chi connectivity index (χ0v) is 21.6. The van der Waals surface area contributed by atoms with Gasteiger partial charge < -0.3 is 10.1 Å². The molecule has 0 aliphatic carbocycles. The number of halogens is 1. The van der Waals surface area contributed by atoms with Gasteiger partial charge in [0.05, 0.1) is 10.6 Å². The first kappa shape index (κ1) is 24.5. The van der Waals surface area contributed by atoms with Crippen molar-refractivity contribution in [2.75, 3.05) is 18.4 Å². The highest BCUT2D eigenvalue weighted by atomic mass is 32.2. The van der Waals surface area contributed by atoms with Gasteiger partial charge in [0.2, 0.25) is 16.0 Å². The Morgan fingerprint density at radius 1 is 1.03 bits per heavy atom. The van der Waals surface area contributed by atoms with E-state index < -0.39 is 10.0 Å². The number of anilines is 1. The zero-order valence-electron chi connectivity index (χ0n) is 20.7. The number of nitrogens with one attached hydrogen (secondary N) is 1. The van der Waals surface area contributed by atoms with Crippen molar-refractivity contribution in [1.29, 1.82) is 0 Å². The molecule has 3 aliphatic heterocycles. The third kappa shape index (κ3) is 4.63. The standard InChI is InChI=1S/C27H27FN6O3S/c1-18-2-8-22(9-3-18)38(35,36)33-14-11-21(12-15-33)30-26-29-13-10-23(31-26)25-24(19-4-6-20(28)7-5-19)32-27-34(25)16-17-37-27/h2-10,13,16-17,21,24-25H,11-12,14-15H2,1H3,(H,29,30,31). The number of ether oxygens (including phenoxy) is 1. The van der Waals surface area contributed by atoms with Gasteiger partial charge in [0.1, 0.15) is 24.2 Å². The summed E-state index contributed by atoms with van der Waals surface area (Å²) in [4.78, 5) is 16.1. The number of fused-ring (bicyclic) bond motifs is 1. The first-order chi connectivity index (χ1) is 18.4. The maximum absolute atomic E-state index is 13.5. The molecule has 2 unspecified atom stereocenters. The van der Waals surface area contributed by atoms with Crippen molar-refractivity contribution < 1.29 is 17.5 Å². The average molecular weight is 535 g/mol. The largest absolute Gasteiger partial charge is 0.432 e. The SMILES string of the molecule is Cc1ccc(S(=O)(=O)N2CCC(Nc3nccc(C4C(c5ccc(F)cc5)N=C5OC=CN54)n3)CC2)cc1. The summed E-state index contributed by atoms with van der Waals surface area (Å²) in [5.41, 5.74) is 2.61. The number of rotatable bonds is 6. The van der Waals surface area contributed by atoms with Gasteiger partial charge in [-0.15, -0.1) is 0 Å². The van der Waals surface area contributed by atoms with E-state index in [4.69, 9.17) is 14.7 Å². The van der Waals surface area contributed by atoms with E-state index in [0.29, 0.717) is 42.8 Å². The number of hydrogen-bond donors (Lipinski definition) is 1. The summed E-state index contributed by atoms with van der Waals surface area (Å²) in [7, 11) is -3.52. The number of hydrogen-bond acceptors (Lipinski definition) is 8. The van der Waals surface area contributed by atoms with Crippen LogP contribution >= 0.6 is 0 Å². The molecular weight excluding hydrogens is 507 g/mol. The highest BCUT2D eigenvalue weighted by Crippen LogP contribution is 2.43. The van der Waals surface area contributed by atoms with Gasteiger partial charge in [0.25, 0.3) is 6.02 Å². The van der Waals surface area contributed by atoms with Crippen molar-refractivity contribution in [2.24, 2.45) is 4.99 Å². The third-order valence-corrected chi connectivity index (χ3v) is 9.01. The molecule has 0 saturated carbocycles. The topological polar surface area (TPSA) is 100 Å². The summed E-state index contributed by atoms with van der Waals surface area (Å²) in [6.45, 7) is 2.76. The molecular formula is C27H27FN6O3S. The number of aliphatic imine (C=N–C) groups is 1. The number of amidine groups is 1. The summed E-state index contributed by atoms with van der Waals surface area (Å²) in [6.07, 6.45) is 6.35. The second-order valence-corrected chi connectivity index (χ2v) is 11.5. The van der Waals surface area contributed by atoms with Gasteiger partial charge in [-0.3, -0.25) is 4.90 Å². The molecule has 0 amide bonds. The summed E-state index contributed by atoms with van der Waals surface area (Å²) < 4.78 is 46.7. The second-order valence-electron chi connectivity index (χ2n) is 9.60. The first-order valence-corrected chi connectivity index (χ1v) is 13.9. The molecule has 0 radical (unpaired) electrons. The van der Waals surface area contributed by atoms with Crippen molar-refractivity contribution in [3.05, 3.63) is 95.9 Å². The van der Waals surface area contributed by atoms with E-state index in [1.165, 1.54) is 16.4 Å². The van der Waals surface area contributed by atoms with Crippen LogP contribution in [0.15, 0.2) is 83.1 Å². The minimum Gasteiger partial charge on any atom is -0.432 e. The fourth-order valence-electron chi connectivity index (χ4n) is 5.04. The van der Waals surface area contributed by atoms with Gasteiger partial charge in [-0.1, -0.05) is 29.8 Å². The van der Waals surface area contributed by atoms with Crippen LogP contribution in [0, 0.1) is 12.7 Å². The maximum atomic E-state index is 13.5. The van der Waals surface area contributed by atoms with Crippen molar-refractivity contribution in [2.45, 2.75) is 42.8 Å². The van der Waals surface area contributed by atoms with E-state index in [0.717, 1.165) is 16.8 Å². The number of piperidine rings is 1. The number of benzene rings is 2. The highest BCUT2D eigenvalue weighted by Gasteiger charge is 2.41. The predicted molar refractivity (Wildman–Crippen MR) is 140 cm³/mol. The van der Waals surface area contributed by atoms with Crippen LogP contribution in [0.1, 0.15) is 41.7 Å². The van der Waals surface area contributed by atoms with Crippen LogP contribution in [0.25, 0.3) is 0 Å². The Hall–Kier alpha value is -3.83. The Kier molecular flexibility index (Phi) is 6.32. The monoisotopic (exact) mass is 534 g/mol. The third-order valence-electron chi connectivity index (χ3n) is 7.10. The van der Waals surface area contributed by atoms with E-state index >= 15 is 0 Å². The van der Waals surface area contributed by atoms with Crippen molar-refractivity contribution in [1.82, 2.24) is 19.2 Å².